The molecular weight excluding hydrogens is 428 g/mol. The van der Waals surface area contributed by atoms with Crippen LogP contribution >= 0.6 is 11.8 Å². The molecule has 174 valence electrons. The van der Waals surface area contributed by atoms with E-state index < -0.39 is 0 Å². The third kappa shape index (κ3) is 7.31. The molecule has 0 amide bonds. The number of hydrogen-bond donors (Lipinski definition) is 0. The highest BCUT2D eigenvalue weighted by Crippen LogP contribution is 2.25. The topological polar surface area (TPSA) is 46.3 Å². The molecule has 1 aliphatic heterocycles. The van der Waals surface area contributed by atoms with Gasteiger partial charge in [-0.05, 0) is 69.0 Å². The first-order valence-corrected chi connectivity index (χ1v) is 13.2. The Bertz CT molecular complexity index is 1010. The first-order valence-electron chi connectivity index (χ1n) is 12.1. The van der Waals surface area contributed by atoms with Crippen LogP contribution in [0.4, 0.5) is 0 Å². The quantitative estimate of drug-likeness (QED) is 0.327. The van der Waals surface area contributed by atoms with Crippen LogP contribution in [0.3, 0.4) is 0 Å². The molecule has 3 aromatic rings. The summed E-state index contributed by atoms with van der Waals surface area (Å²) < 4.78 is 5.94. The van der Waals surface area contributed by atoms with Crippen molar-refractivity contribution >= 4 is 17.5 Å². The maximum Gasteiger partial charge on any atom is 0.226 e. The van der Waals surface area contributed by atoms with Gasteiger partial charge in [0.25, 0.3) is 0 Å². The number of ketones is 1. The van der Waals surface area contributed by atoms with E-state index in [9.17, 15) is 4.79 Å². The Morgan fingerprint density at radius 2 is 1.76 bits per heavy atom. The molecule has 0 atom stereocenters. The third-order valence-corrected chi connectivity index (χ3v) is 7.22. The van der Waals surface area contributed by atoms with Gasteiger partial charge in [-0.25, -0.2) is 4.98 Å². The zero-order valence-electron chi connectivity index (χ0n) is 19.6. The number of Topliss-reactive ketones (excluding diaryl/α,β-unsaturated/α-hetero) is 1. The number of oxazole rings is 1. The van der Waals surface area contributed by atoms with E-state index in [2.05, 4.69) is 41.3 Å². The summed E-state index contributed by atoms with van der Waals surface area (Å²) in [5.41, 5.74) is 4.58. The van der Waals surface area contributed by atoms with Crippen LogP contribution in [0.15, 0.2) is 59.0 Å². The summed E-state index contributed by atoms with van der Waals surface area (Å²) in [7, 11) is 0. The largest absolute Gasteiger partial charge is 0.441 e. The fourth-order valence-electron chi connectivity index (χ4n) is 4.28. The lowest BCUT2D eigenvalue weighted by Crippen LogP contribution is -2.28. The fourth-order valence-corrected chi connectivity index (χ4v) is 5.22. The molecule has 0 unspecified atom stereocenters. The van der Waals surface area contributed by atoms with E-state index >= 15 is 0 Å². The van der Waals surface area contributed by atoms with Gasteiger partial charge in [-0.3, -0.25) is 9.69 Å². The summed E-state index contributed by atoms with van der Waals surface area (Å²) >= 11 is 1.63. The average molecular weight is 463 g/mol. The molecule has 2 aromatic carbocycles. The number of aryl methyl sites for hydroxylation is 2. The minimum atomic E-state index is 0.307. The molecule has 0 aliphatic carbocycles. The normalized spacial score (nSPS) is 14.5. The maximum absolute atomic E-state index is 12.2. The molecule has 0 radical (unpaired) electrons. The van der Waals surface area contributed by atoms with Crippen molar-refractivity contribution < 1.29 is 9.21 Å². The molecule has 33 heavy (non-hydrogen) atoms. The van der Waals surface area contributed by atoms with Gasteiger partial charge in [0.15, 0.2) is 0 Å². The predicted molar refractivity (Wildman–Crippen MR) is 136 cm³/mol. The predicted octanol–water partition coefficient (Wildman–Crippen LogP) is 6.46. The summed E-state index contributed by atoms with van der Waals surface area (Å²) in [6.45, 7) is 5.39. The number of thioether (sulfide) groups is 1. The Kier molecular flexibility index (Phi) is 8.79. The first kappa shape index (κ1) is 23.8. The number of hydrogen-bond acceptors (Lipinski definition) is 5. The van der Waals surface area contributed by atoms with Crippen LogP contribution in [0, 0.1) is 6.92 Å². The lowest BCUT2D eigenvalue weighted by Gasteiger charge is -2.26. The Morgan fingerprint density at radius 3 is 2.52 bits per heavy atom. The van der Waals surface area contributed by atoms with Gasteiger partial charge in [0.1, 0.15) is 11.5 Å². The number of aromatic nitrogens is 1. The van der Waals surface area contributed by atoms with Crippen LogP contribution in [0.2, 0.25) is 0 Å². The smallest absolute Gasteiger partial charge is 0.226 e. The van der Waals surface area contributed by atoms with Crippen molar-refractivity contribution in [2.24, 2.45) is 0 Å². The van der Waals surface area contributed by atoms with E-state index in [4.69, 9.17) is 9.40 Å². The Labute approximate surface area is 201 Å². The molecule has 4 nitrogen and oxygen atoms in total. The van der Waals surface area contributed by atoms with E-state index in [-0.39, 0.29) is 0 Å². The highest BCUT2D eigenvalue weighted by molar-refractivity contribution is 7.99. The summed E-state index contributed by atoms with van der Waals surface area (Å²) in [5, 5.41) is 0. The van der Waals surface area contributed by atoms with Crippen molar-refractivity contribution in [1.82, 2.24) is 9.88 Å². The lowest BCUT2D eigenvalue weighted by molar-refractivity contribution is -0.116. The second kappa shape index (κ2) is 12.2. The number of carbonyl (C=O) groups excluding carboxylic acids is 1. The number of piperidine rings is 1. The van der Waals surface area contributed by atoms with Crippen molar-refractivity contribution in [3.63, 3.8) is 0 Å². The SMILES string of the molecule is Cc1oc(-c2ccc(CN3CCCCC3)cc2)nc1CSCC(=O)CCCc1ccccc1. The number of benzene rings is 2. The van der Waals surface area contributed by atoms with Crippen LogP contribution in [0.1, 0.15) is 54.7 Å². The van der Waals surface area contributed by atoms with Gasteiger partial charge in [-0.2, -0.15) is 0 Å². The molecule has 4 rings (SSSR count). The molecule has 1 aliphatic rings. The molecule has 0 saturated carbocycles. The van der Waals surface area contributed by atoms with Crippen molar-refractivity contribution in [2.75, 3.05) is 18.8 Å². The van der Waals surface area contributed by atoms with Gasteiger partial charge in [0.05, 0.1) is 11.4 Å². The summed E-state index contributed by atoms with van der Waals surface area (Å²) in [5.74, 6) is 3.05. The van der Waals surface area contributed by atoms with Gasteiger partial charge in [0, 0.05) is 24.3 Å². The molecule has 0 N–H and O–H groups in total. The standard InChI is InChI=1S/C28H34N2O2S/c1-22-27(21-33-20-26(31)12-8-11-23-9-4-2-5-10-23)29-28(32-22)25-15-13-24(14-16-25)19-30-17-6-3-7-18-30/h2,4-5,9-10,13-16H,3,6-8,11-12,17-21H2,1H3. The average Bonchev–Trinajstić information content (AvgIpc) is 3.21. The molecule has 2 heterocycles. The second-order valence-corrected chi connectivity index (χ2v) is 9.91. The first-order chi connectivity index (χ1) is 16.2. The molecule has 1 aromatic heterocycles. The monoisotopic (exact) mass is 462 g/mol. The Balaban J connectivity index is 1.22. The van der Waals surface area contributed by atoms with E-state index in [1.807, 2.05) is 25.1 Å². The molecule has 0 spiro atoms. The van der Waals surface area contributed by atoms with Gasteiger partial charge >= 0.3 is 0 Å². The minimum Gasteiger partial charge on any atom is -0.441 e. The fraction of sp³-hybridized carbons (Fsp3) is 0.429. The van der Waals surface area contributed by atoms with E-state index in [1.165, 1.54) is 43.5 Å². The Hall–Kier alpha value is -2.37. The maximum atomic E-state index is 12.2. The molecule has 5 heteroatoms. The highest BCUT2D eigenvalue weighted by atomic mass is 32.2. The minimum absolute atomic E-state index is 0.307. The van der Waals surface area contributed by atoms with Gasteiger partial charge < -0.3 is 4.42 Å². The number of rotatable bonds is 11. The summed E-state index contributed by atoms with van der Waals surface area (Å²) in [6.07, 6.45) is 6.49. The molecule has 0 bridgehead atoms. The van der Waals surface area contributed by atoms with Crippen LogP contribution in [0.5, 0.6) is 0 Å². The van der Waals surface area contributed by atoms with E-state index in [0.717, 1.165) is 36.4 Å². The number of nitrogens with zero attached hydrogens (tertiary/aromatic N) is 2. The second-order valence-electron chi connectivity index (χ2n) is 8.93. The van der Waals surface area contributed by atoms with Gasteiger partial charge in [0.2, 0.25) is 5.89 Å². The zero-order valence-corrected chi connectivity index (χ0v) is 20.4. The molecular formula is C28H34N2O2S. The van der Waals surface area contributed by atoms with Crippen molar-refractivity contribution in [2.45, 2.75) is 57.7 Å². The van der Waals surface area contributed by atoms with E-state index in [1.54, 1.807) is 11.8 Å². The molecule has 1 saturated heterocycles. The van der Waals surface area contributed by atoms with Crippen LogP contribution in [-0.2, 0) is 23.5 Å². The molecule has 1 fully saturated rings. The zero-order chi connectivity index (χ0) is 22.9. The Morgan fingerprint density at radius 1 is 1.00 bits per heavy atom. The third-order valence-electron chi connectivity index (χ3n) is 6.21. The summed E-state index contributed by atoms with van der Waals surface area (Å²) in [4.78, 5) is 19.5. The number of carbonyl (C=O) groups is 1. The van der Waals surface area contributed by atoms with Crippen molar-refractivity contribution in [3.8, 4) is 11.5 Å². The lowest BCUT2D eigenvalue weighted by atomic mass is 10.1. The van der Waals surface area contributed by atoms with Crippen LogP contribution in [0.25, 0.3) is 11.5 Å². The van der Waals surface area contributed by atoms with Crippen LogP contribution in [-0.4, -0.2) is 34.5 Å². The van der Waals surface area contributed by atoms with Crippen molar-refractivity contribution in [3.05, 3.63) is 77.2 Å². The van der Waals surface area contributed by atoms with E-state index in [0.29, 0.717) is 29.6 Å². The van der Waals surface area contributed by atoms with Crippen molar-refractivity contribution in [1.29, 1.82) is 0 Å². The summed E-state index contributed by atoms with van der Waals surface area (Å²) in [6, 6.07) is 18.9. The van der Waals surface area contributed by atoms with Gasteiger partial charge in [-0.1, -0.05) is 48.9 Å². The highest BCUT2D eigenvalue weighted by Gasteiger charge is 2.14. The number of likely N-dealkylation sites (tertiary alicyclic amines) is 1. The van der Waals surface area contributed by atoms with Gasteiger partial charge in [-0.15, -0.1) is 11.8 Å². The van der Waals surface area contributed by atoms with Crippen LogP contribution < -0.4 is 0 Å².